The number of rotatable bonds is 3. The fourth-order valence-electron chi connectivity index (χ4n) is 3.81. The molecule has 1 aliphatic carbocycles. The lowest BCUT2D eigenvalue weighted by Gasteiger charge is -2.38. The molecule has 0 radical (unpaired) electrons. The first-order valence-corrected chi connectivity index (χ1v) is 8.69. The molecule has 24 heavy (non-hydrogen) atoms. The van der Waals surface area contributed by atoms with Crippen LogP contribution in [0.1, 0.15) is 31.2 Å². The van der Waals surface area contributed by atoms with Crippen molar-refractivity contribution in [3.8, 4) is 5.82 Å². The van der Waals surface area contributed by atoms with Crippen LogP contribution in [0.15, 0.2) is 41.8 Å². The summed E-state index contributed by atoms with van der Waals surface area (Å²) in [6, 6.07) is 5.99. The number of aliphatic imine (C=N–C) groups is 1. The maximum absolute atomic E-state index is 4.48. The van der Waals surface area contributed by atoms with Crippen LogP contribution in [0.4, 0.5) is 0 Å². The van der Waals surface area contributed by atoms with Crippen molar-refractivity contribution in [2.45, 2.75) is 32.2 Å². The number of guanidine groups is 1. The maximum Gasteiger partial charge on any atom is 0.193 e. The van der Waals surface area contributed by atoms with Crippen molar-refractivity contribution in [2.75, 3.05) is 20.1 Å². The number of nitrogens with one attached hydrogen (secondary N) is 1. The van der Waals surface area contributed by atoms with E-state index in [0.29, 0.717) is 5.41 Å². The molecule has 4 rings (SSSR count). The summed E-state index contributed by atoms with van der Waals surface area (Å²) in [5, 5.41) is 7.74. The maximum atomic E-state index is 4.48. The van der Waals surface area contributed by atoms with Gasteiger partial charge in [-0.1, -0.05) is 6.42 Å². The minimum Gasteiger partial charge on any atom is -0.352 e. The van der Waals surface area contributed by atoms with Crippen LogP contribution in [0.2, 0.25) is 0 Å². The zero-order valence-corrected chi connectivity index (χ0v) is 14.1. The number of likely N-dealkylation sites (tertiary alicyclic amines) is 1. The van der Waals surface area contributed by atoms with Gasteiger partial charge in [0.25, 0.3) is 0 Å². The van der Waals surface area contributed by atoms with Crippen LogP contribution >= 0.6 is 0 Å². The number of hydrogen-bond acceptors (Lipinski definition) is 3. The quantitative estimate of drug-likeness (QED) is 0.695. The lowest BCUT2D eigenvalue weighted by molar-refractivity contribution is 0.151. The van der Waals surface area contributed by atoms with Crippen LogP contribution < -0.4 is 5.32 Å². The molecule has 2 aromatic heterocycles. The molecular weight excluding hydrogens is 300 g/mol. The zero-order chi connectivity index (χ0) is 16.4. The Morgan fingerprint density at radius 1 is 1.33 bits per heavy atom. The van der Waals surface area contributed by atoms with Gasteiger partial charge in [0.05, 0.1) is 0 Å². The summed E-state index contributed by atoms with van der Waals surface area (Å²) in [5.74, 6) is 1.85. The average Bonchev–Trinajstić information content (AvgIpc) is 3.25. The first-order valence-electron chi connectivity index (χ1n) is 8.69. The number of pyridine rings is 1. The van der Waals surface area contributed by atoms with Crippen LogP contribution in [0.25, 0.3) is 5.82 Å². The van der Waals surface area contributed by atoms with Gasteiger partial charge >= 0.3 is 0 Å². The van der Waals surface area contributed by atoms with E-state index in [1.165, 1.54) is 31.2 Å². The highest BCUT2D eigenvalue weighted by Crippen LogP contribution is 2.47. The second kappa shape index (κ2) is 6.26. The van der Waals surface area contributed by atoms with Gasteiger partial charge in [0.1, 0.15) is 0 Å². The molecule has 1 N–H and O–H groups in total. The Balaban J connectivity index is 1.40. The van der Waals surface area contributed by atoms with Crippen molar-refractivity contribution >= 4 is 5.96 Å². The monoisotopic (exact) mass is 324 g/mol. The average molecular weight is 324 g/mol. The highest BCUT2D eigenvalue weighted by Gasteiger charge is 2.43. The summed E-state index contributed by atoms with van der Waals surface area (Å²) in [6.07, 6.45) is 11.0. The molecule has 1 saturated heterocycles. The highest BCUT2D eigenvalue weighted by molar-refractivity contribution is 5.80. The molecule has 0 aromatic carbocycles. The first-order chi connectivity index (χ1) is 11.8. The van der Waals surface area contributed by atoms with Crippen LogP contribution in [0.3, 0.4) is 0 Å². The minimum atomic E-state index is 0.585. The summed E-state index contributed by atoms with van der Waals surface area (Å²) in [4.78, 5) is 11.3. The van der Waals surface area contributed by atoms with Crippen molar-refractivity contribution < 1.29 is 0 Å². The summed E-state index contributed by atoms with van der Waals surface area (Å²) >= 11 is 0. The van der Waals surface area contributed by atoms with Crippen LogP contribution in [0, 0.1) is 5.41 Å². The highest BCUT2D eigenvalue weighted by atomic mass is 15.3. The van der Waals surface area contributed by atoms with E-state index in [0.717, 1.165) is 31.4 Å². The first kappa shape index (κ1) is 15.2. The summed E-state index contributed by atoms with van der Waals surface area (Å²) in [6.45, 7) is 3.02. The standard InChI is InChI=1S/C18H24N6/c1-19-17(23-11-7-18(14-23)5-2-6-18)21-13-15-4-9-20-16(12-15)24-10-3-8-22-24/h3-4,8-10,12H,2,5-7,11,13-14H2,1H3,(H,19,21). The molecule has 126 valence electrons. The molecule has 3 heterocycles. The number of nitrogens with zero attached hydrogens (tertiary/aromatic N) is 5. The van der Waals surface area contributed by atoms with E-state index in [4.69, 9.17) is 0 Å². The third-order valence-electron chi connectivity index (χ3n) is 5.36. The summed E-state index contributed by atoms with van der Waals surface area (Å²) in [7, 11) is 1.87. The molecule has 2 aliphatic rings. The van der Waals surface area contributed by atoms with Gasteiger partial charge in [0.2, 0.25) is 0 Å². The van der Waals surface area contributed by atoms with E-state index in [-0.39, 0.29) is 0 Å². The molecule has 0 unspecified atom stereocenters. The molecule has 6 nitrogen and oxygen atoms in total. The SMILES string of the molecule is CN=C(NCc1ccnc(-n2cccn2)c1)N1CCC2(CCC2)C1. The van der Waals surface area contributed by atoms with E-state index < -0.39 is 0 Å². The Labute approximate surface area is 142 Å². The van der Waals surface area contributed by atoms with E-state index in [1.807, 2.05) is 31.6 Å². The van der Waals surface area contributed by atoms with Gasteiger partial charge < -0.3 is 10.2 Å². The zero-order valence-electron chi connectivity index (χ0n) is 14.1. The van der Waals surface area contributed by atoms with Crippen molar-refractivity contribution in [1.82, 2.24) is 25.0 Å². The molecule has 1 aliphatic heterocycles. The molecule has 2 aromatic rings. The largest absolute Gasteiger partial charge is 0.352 e. The molecule has 0 amide bonds. The van der Waals surface area contributed by atoms with Gasteiger partial charge in [-0.2, -0.15) is 5.10 Å². The van der Waals surface area contributed by atoms with Crippen molar-refractivity contribution in [2.24, 2.45) is 10.4 Å². The summed E-state index contributed by atoms with van der Waals surface area (Å²) in [5.41, 5.74) is 1.76. The predicted octanol–water partition coefficient (Wildman–Crippen LogP) is 2.22. The smallest absolute Gasteiger partial charge is 0.193 e. The fraction of sp³-hybridized carbons (Fsp3) is 0.500. The topological polar surface area (TPSA) is 58.3 Å². The predicted molar refractivity (Wildman–Crippen MR) is 94.0 cm³/mol. The van der Waals surface area contributed by atoms with E-state index in [2.05, 4.69) is 31.4 Å². The van der Waals surface area contributed by atoms with Crippen molar-refractivity contribution in [1.29, 1.82) is 0 Å². The van der Waals surface area contributed by atoms with Crippen molar-refractivity contribution in [3.05, 3.63) is 42.4 Å². The normalized spacial score (nSPS) is 19.5. The molecular formula is C18H24N6. The second-order valence-corrected chi connectivity index (χ2v) is 6.90. The second-order valence-electron chi connectivity index (χ2n) is 6.90. The molecule has 6 heteroatoms. The van der Waals surface area contributed by atoms with Crippen LogP contribution in [-0.2, 0) is 6.54 Å². The van der Waals surface area contributed by atoms with Gasteiger partial charge in [-0.15, -0.1) is 0 Å². The fourth-order valence-corrected chi connectivity index (χ4v) is 3.81. The Bertz CT molecular complexity index is 717. The van der Waals surface area contributed by atoms with E-state index in [1.54, 1.807) is 10.9 Å². The molecule has 0 atom stereocenters. The number of hydrogen-bond donors (Lipinski definition) is 1. The lowest BCUT2D eigenvalue weighted by Crippen LogP contribution is -2.42. The molecule has 1 saturated carbocycles. The Kier molecular flexibility index (Phi) is 3.96. The van der Waals surface area contributed by atoms with Gasteiger partial charge in [-0.3, -0.25) is 4.99 Å². The molecule has 1 spiro atoms. The van der Waals surface area contributed by atoms with Gasteiger partial charge in [-0.05, 0) is 48.4 Å². The van der Waals surface area contributed by atoms with Crippen LogP contribution in [0.5, 0.6) is 0 Å². The number of aromatic nitrogens is 3. The molecule has 2 fully saturated rings. The van der Waals surface area contributed by atoms with Gasteiger partial charge in [-0.25, -0.2) is 9.67 Å². The Morgan fingerprint density at radius 3 is 2.92 bits per heavy atom. The molecule has 0 bridgehead atoms. The Morgan fingerprint density at radius 2 is 2.25 bits per heavy atom. The third-order valence-corrected chi connectivity index (χ3v) is 5.36. The van der Waals surface area contributed by atoms with Gasteiger partial charge in [0, 0.05) is 45.3 Å². The third kappa shape index (κ3) is 2.88. The lowest BCUT2D eigenvalue weighted by atomic mass is 9.68. The van der Waals surface area contributed by atoms with Gasteiger partial charge in [0.15, 0.2) is 11.8 Å². The van der Waals surface area contributed by atoms with E-state index in [9.17, 15) is 0 Å². The van der Waals surface area contributed by atoms with Crippen molar-refractivity contribution in [3.63, 3.8) is 0 Å². The Hall–Kier alpha value is -2.37. The summed E-state index contributed by atoms with van der Waals surface area (Å²) < 4.78 is 1.78. The van der Waals surface area contributed by atoms with Crippen LogP contribution in [-0.4, -0.2) is 45.8 Å². The van der Waals surface area contributed by atoms with E-state index >= 15 is 0 Å². The minimum absolute atomic E-state index is 0.585.